The second-order valence-electron chi connectivity index (χ2n) is 4.33. The summed E-state index contributed by atoms with van der Waals surface area (Å²) >= 11 is 0. The van der Waals surface area contributed by atoms with Crippen LogP contribution in [0.2, 0.25) is 0 Å². The van der Waals surface area contributed by atoms with Gasteiger partial charge >= 0.3 is 0 Å². The molecule has 4 N–H and O–H groups in total. The minimum Gasteiger partial charge on any atom is -0.328 e. The van der Waals surface area contributed by atoms with E-state index in [4.69, 9.17) is 5.73 Å². The third-order valence-corrected chi connectivity index (χ3v) is 2.78. The lowest BCUT2D eigenvalue weighted by atomic mass is 9.99. The fourth-order valence-corrected chi connectivity index (χ4v) is 1.87. The van der Waals surface area contributed by atoms with E-state index in [2.05, 4.69) is 22.7 Å². The van der Waals surface area contributed by atoms with E-state index in [9.17, 15) is 9.59 Å². The summed E-state index contributed by atoms with van der Waals surface area (Å²) in [6.45, 7) is 4.54. The van der Waals surface area contributed by atoms with E-state index in [0.29, 0.717) is 12.6 Å². The monoisotopic (exact) mass is 228 g/mol. The standard InChI is InChI=1S/C10H20N4O2/c1-7-5-9(11)3-4-14(7)6-10(16)13-12-8(2)15/h7,9H,3-6,11H2,1-2H3,(H,12,15)(H,13,16). The van der Waals surface area contributed by atoms with Gasteiger partial charge in [0.25, 0.3) is 5.91 Å². The first kappa shape index (κ1) is 12.9. The fraction of sp³-hybridized carbons (Fsp3) is 0.800. The second kappa shape index (κ2) is 5.81. The maximum absolute atomic E-state index is 11.4. The number of amides is 2. The lowest BCUT2D eigenvalue weighted by molar-refractivity contribution is -0.129. The molecule has 2 amide bonds. The molecule has 0 spiro atoms. The number of rotatable bonds is 2. The third-order valence-electron chi connectivity index (χ3n) is 2.78. The summed E-state index contributed by atoms with van der Waals surface area (Å²) in [5.74, 6) is -0.473. The van der Waals surface area contributed by atoms with Crippen molar-refractivity contribution in [2.24, 2.45) is 5.73 Å². The average molecular weight is 228 g/mol. The van der Waals surface area contributed by atoms with Crippen molar-refractivity contribution in [3.8, 4) is 0 Å². The highest BCUT2D eigenvalue weighted by atomic mass is 16.2. The van der Waals surface area contributed by atoms with Crippen molar-refractivity contribution in [1.82, 2.24) is 15.8 Å². The van der Waals surface area contributed by atoms with Crippen molar-refractivity contribution >= 4 is 11.8 Å². The summed E-state index contributed by atoms with van der Waals surface area (Å²) in [6, 6.07) is 0.552. The van der Waals surface area contributed by atoms with Crippen molar-refractivity contribution in [3.05, 3.63) is 0 Å². The smallest absolute Gasteiger partial charge is 0.252 e. The SMILES string of the molecule is CC(=O)NNC(=O)CN1CCC(N)CC1C. The molecule has 2 atom stereocenters. The molecule has 1 heterocycles. The van der Waals surface area contributed by atoms with E-state index in [-0.39, 0.29) is 17.9 Å². The van der Waals surface area contributed by atoms with Crippen LogP contribution in [-0.2, 0) is 9.59 Å². The zero-order valence-electron chi connectivity index (χ0n) is 9.82. The minimum absolute atomic E-state index is 0.197. The highest BCUT2D eigenvalue weighted by molar-refractivity contribution is 5.81. The van der Waals surface area contributed by atoms with Gasteiger partial charge in [0.15, 0.2) is 0 Å². The summed E-state index contributed by atoms with van der Waals surface area (Å²) < 4.78 is 0. The summed E-state index contributed by atoms with van der Waals surface area (Å²) in [4.78, 5) is 24.1. The predicted molar refractivity (Wildman–Crippen MR) is 60.2 cm³/mol. The Kier molecular flexibility index (Phi) is 4.70. The van der Waals surface area contributed by atoms with Gasteiger partial charge in [-0.1, -0.05) is 0 Å². The van der Waals surface area contributed by atoms with Gasteiger partial charge in [-0.3, -0.25) is 25.3 Å². The van der Waals surface area contributed by atoms with Crippen LogP contribution < -0.4 is 16.6 Å². The molecule has 1 aliphatic rings. The summed E-state index contributed by atoms with van der Waals surface area (Å²) in [5.41, 5.74) is 10.5. The third kappa shape index (κ3) is 4.16. The molecule has 1 aliphatic heterocycles. The quantitative estimate of drug-likeness (QED) is 0.527. The number of carbonyl (C=O) groups is 2. The Morgan fingerprint density at radius 1 is 1.44 bits per heavy atom. The Balaban J connectivity index is 2.30. The molecule has 1 saturated heterocycles. The second-order valence-corrected chi connectivity index (χ2v) is 4.33. The van der Waals surface area contributed by atoms with E-state index in [1.165, 1.54) is 6.92 Å². The molecule has 0 saturated carbocycles. The molecule has 0 aromatic rings. The van der Waals surface area contributed by atoms with Crippen molar-refractivity contribution in [3.63, 3.8) is 0 Å². The number of likely N-dealkylation sites (tertiary alicyclic amines) is 1. The number of hydrogen-bond donors (Lipinski definition) is 3. The number of carbonyl (C=O) groups excluding carboxylic acids is 2. The zero-order valence-corrected chi connectivity index (χ0v) is 9.82. The van der Waals surface area contributed by atoms with Gasteiger partial charge < -0.3 is 5.73 Å². The van der Waals surface area contributed by atoms with Crippen LogP contribution in [0.3, 0.4) is 0 Å². The Labute approximate surface area is 95.5 Å². The number of hydrogen-bond acceptors (Lipinski definition) is 4. The Morgan fingerprint density at radius 2 is 2.12 bits per heavy atom. The zero-order chi connectivity index (χ0) is 12.1. The van der Waals surface area contributed by atoms with Gasteiger partial charge in [0, 0.05) is 25.6 Å². The lowest BCUT2D eigenvalue weighted by Crippen LogP contribution is -2.51. The van der Waals surface area contributed by atoms with E-state index < -0.39 is 0 Å². The molecule has 0 bridgehead atoms. The van der Waals surface area contributed by atoms with Crippen molar-refractivity contribution in [2.45, 2.75) is 38.8 Å². The Morgan fingerprint density at radius 3 is 2.69 bits per heavy atom. The van der Waals surface area contributed by atoms with Crippen LogP contribution in [0.4, 0.5) is 0 Å². The fourth-order valence-electron chi connectivity index (χ4n) is 1.87. The maximum Gasteiger partial charge on any atom is 0.252 e. The normalized spacial score (nSPS) is 26.2. The van der Waals surface area contributed by atoms with E-state index in [1.807, 2.05) is 0 Å². The molecule has 0 aliphatic carbocycles. The number of hydrazine groups is 1. The molecular formula is C10H20N4O2. The van der Waals surface area contributed by atoms with Gasteiger partial charge in [0.2, 0.25) is 5.91 Å². The molecule has 0 aromatic heterocycles. The molecule has 0 aromatic carbocycles. The van der Waals surface area contributed by atoms with Crippen LogP contribution in [0, 0.1) is 0 Å². The summed E-state index contributed by atoms with van der Waals surface area (Å²) in [6.07, 6.45) is 1.82. The molecule has 6 heteroatoms. The number of piperidine rings is 1. The lowest BCUT2D eigenvalue weighted by Gasteiger charge is -2.35. The number of nitrogens with two attached hydrogens (primary N) is 1. The van der Waals surface area contributed by atoms with Crippen molar-refractivity contribution in [1.29, 1.82) is 0 Å². The predicted octanol–water partition coefficient (Wildman–Crippen LogP) is -1.03. The van der Waals surface area contributed by atoms with Gasteiger partial charge in [0.1, 0.15) is 0 Å². The first-order valence-corrected chi connectivity index (χ1v) is 5.54. The van der Waals surface area contributed by atoms with Crippen LogP contribution in [-0.4, -0.2) is 41.9 Å². The van der Waals surface area contributed by atoms with Gasteiger partial charge in [0.05, 0.1) is 6.54 Å². The van der Waals surface area contributed by atoms with Gasteiger partial charge in [-0.2, -0.15) is 0 Å². The van der Waals surface area contributed by atoms with Gasteiger partial charge in [-0.25, -0.2) is 0 Å². The van der Waals surface area contributed by atoms with Crippen LogP contribution in [0.1, 0.15) is 26.7 Å². The maximum atomic E-state index is 11.4. The average Bonchev–Trinajstić information content (AvgIpc) is 2.19. The van der Waals surface area contributed by atoms with Gasteiger partial charge in [-0.15, -0.1) is 0 Å². The minimum atomic E-state index is -0.276. The molecule has 1 fully saturated rings. The topological polar surface area (TPSA) is 87.5 Å². The first-order chi connectivity index (χ1) is 7.49. The van der Waals surface area contributed by atoms with Gasteiger partial charge in [-0.05, 0) is 19.8 Å². The summed E-state index contributed by atoms with van der Waals surface area (Å²) in [7, 11) is 0. The molecule has 6 nitrogen and oxygen atoms in total. The summed E-state index contributed by atoms with van der Waals surface area (Å²) in [5, 5.41) is 0. The Hall–Kier alpha value is -1.14. The van der Waals surface area contributed by atoms with Crippen molar-refractivity contribution in [2.75, 3.05) is 13.1 Å². The number of nitrogens with one attached hydrogen (secondary N) is 2. The largest absolute Gasteiger partial charge is 0.328 e. The Bertz CT molecular complexity index is 270. The van der Waals surface area contributed by atoms with Crippen LogP contribution in [0.25, 0.3) is 0 Å². The van der Waals surface area contributed by atoms with Crippen LogP contribution in [0.5, 0.6) is 0 Å². The number of nitrogens with zero attached hydrogens (tertiary/aromatic N) is 1. The van der Waals surface area contributed by atoms with E-state index >= 15 is 0 Å². The molecule has 16 heavy (non-hydrogen) atoms. The van der Waals surface area contributed by atoms with Crippen LogP contribution >= 0.6 is 0 Å². The van der Waals surface area contributed by atoms with E-state index in [1.54, 1.807) is 0 Å². The molecule has 2 unspecified atom stereocenters. The van der Waals surface area contributed by atoms with Crippen molar-refractivity contribution < 1.29 is 9.59 Å². The molecule has 92 valence electrons. The van der Waals surface area contributed by atoms with Crippen LogP contribution in [0.15, 0.2) is 0 Å². The molecule has 1 rings (SSSR count). The first-order valence-electron chi connectivity index (χ1n) is 5.54. The molecular weight excluding hydrogens is 208 g/mol. The highest BCUT2D eigenvalue weighted by Crippen LogP contribution is 2.14. The highest BCUT2D eigenvalue weighted by Gasteiger charge is 2.24. The molecule has 0 radical (unpaired) electrons. The van der Waals surface area contributed by atoms with E-state index in [0.717, 1.165) is 19.4 Å².